The van der Waals surface area contributed by atoms with Crippen LogP contribution in [0.25, 0.3) is 0 Å². The third-order valence-corrected chi connectivity index (χ3v) is 5.93. The molecule has 1 amide bonds. The number of pyridine rings is 1. The van der Waals surface area contributed by atoms with Crippen molar-refractivity contribution < 1.29 is 14.6 Å². The van der Waals surface area contributed by atoms with Crippen LogP contribution in [0.2, 0.25) is 5.02 Å². The summed E-state index contributed by atoms with van der Waals surface area (Å²) in [6.45, 7) is 3.23. The molecule has 1 saturated heterocycles. The van der Waals surface area contributed by atoms with Crippen LogP contribution in [0.5, 0.6) is 5.75 Å². The number of benzene rings is 1. The Morgan fingerprint density at radius 3 is 2.74 bits per heavy atom. The molecule has 0 bridgehead atoms. The summed E-state index contributed by atoms with van der Waals surface area (Å²) in [5.41, 5.74) is 1.41. The first kappa shape index (κ1) is 18.3. The summed E-state index contributed by atoms with van der Waals surface area (Å²) in [6, 6.07) is 10.9. The number of aliphatic hydroxyl groups is 1. The van der Waals surface area contributed by atoms with Crippen molar-refractivity contribution in [1.82, 2.24) is 9.88 Å². The number of hydrogen-bond acceptors (Lipinski definition) is 4. The molecule has 1 N–H and O–H groups in total. The summed E-state index contributed by atoms with van der Waals surface area (Å²) in [5, 5.41) is 11.2. The number of likely N-dealkylation sites (tertiary alicyclic amines) is 1. The van der Waals surface area contributed by atoms with Gasteiger partial charge in [0.25, 0.3) is 5.91 Å². The predicted molar refractivity (Wildman–Crippen MR) is 103 cm³/mol. The quantitative estimate of drug-likeness (QED) is 0.878. The van der Waals surface area contributed by atoms with E-state index in [1.54, 1.807) is 24.4 Å². The van der Waals surface area contributed by atoms with E-state index in [1.165, 1.54) is 0 Å². The first-order valence-electron chi connectivity index (χ1n) is 9.32. The highest BCUT2D eigenvalue weighted by Gasteiger charge is 2.44. The van der Waals surface area contributed by atoms with Gasteiger partial charge in [-0.25, -0.2) is 0 Å². The predicted octanol–water partition coefficient (Wildman–Crippen LogP) is 3.33. The summed E-state index contributed by atoms with van der Waals surface area (Å²) in [4.78, 5) is 19.0. The van der Waals surface area contributed by atoms with Crippen molar-refractivity contribution in [2.75, 3.05) is 13.1 Å². The molecule has 6 heteroatoms. The lowest BCUT2D eigenvalue weighted by Gasteiger charge is -2.35. The minimum atomic E-state index is -0.541. The Morgan fingerprint density at radius 2 is 2.00 bits per heavy atom. The second-order valence-electron chi connectivity index (χ2n) is 7.52. The summed E-state index contributed by atoms with van der Waals surface area (Å²) in [7, 11) is 0. The SMILES string of the molecule is Cc1ncccc1C(=O)N1C[C@H]2C[C@@H](Oc3cccc(Cl)c3)[C@H](O)C[C@H]2C1. The largest absolute Gasteiger partial charge is 0.488 e. The Hall–Kier alpha value is -2.11. The number of halogens is 1. The molecule has 2 aromatic rings. The molecule has 4 rings (SSSR count). The van der Waals surface area contributed by atoms with Crippen molar-refractivity contribution in [1.29, 1.82) is 0 Å². The molecule has 2 fully saturated rings. The fourth-order valence-corrected chi connectivity index (χ4v) is 4.46. The fraction of sp³-hybridized carbons (Fsp3) is 0.429. The lowest BCUT2D eigenvalue weighted by molar-refractivity contribution is -0.0231. The van der Waals surface area contributed by atoms with Crippen LogP contribution in [-0.2, 0) is 0 Å². The van der Waals surface area contributed by atoms with Crippen LogP contribution in [0.4, 0.5) is 0 Å². The van der Waals surface area contributed by atoms with Crippen LogP contribution in [-0.4, -0.2) is 46.2 Å². The maximum atomic E-state index is 12.9. The second-order valence-corrected chi connectivity index (χ2v) is 7.96. The second kappa shape index (κ2) is 7.49. The van der Waals surface area contributed by atoms with E-state index in [0.717, 1.165) is 12.1 Å². The van der Waals surface area contributed by atoms with E-state index in [9.17, 15) is 9.90 Å². The molecule has 1 aliphatic carbocycles. The Bertz CT molecular complexity index is 844. The molecule has 5 nitrogen and oxygen atoms in total. The minimum Gasteiger partial charge on any atom is -0.488 e. The molecular weight excluding hydrogens is 364 g/mol. The molecule has 0 spiro atoms. The standard InChI is InChI=1S/C21H23ClN2O3/c1-13-18(6-3-7-23-13)21(26)24-11-14-8-19(25)20(9-15(14)12-24)27-17-5-2-4-16(22)10-17/h2-7,10,14-15,19-20,25H,8-9,11-12H2,1H3/t14-,15+,19+,20+/m0/s1. The van der Waals surface area contributed by atoms with Crippen molar-refractivity contribution in [2.24, 2.45) is 11.8 Å². The van der Waals surface area contributed by atoms with E-state index < -0.39 is 6.10 Å². The van der Waals surface area contributed by atoms with Gasteiger partial charge in [0.2, 0.25) is 0 Å². The number of fused-ring (bicyclic) bond motifs is 1. The number of aromatic nitrogens is 1. The van der Waals surface area contributed by atoms with E-state index >= 15 is 0 Å². The van der Waals surface area contributed by atoms with Crippen LogP contribution in [0.1, 0.15) is 28.9 Å². The van der Waals surface area contributed by atoms with Gasteiger partial charge in [0.1, 0.15) is 11.9 Å². The minimum absolute atomic E-state index is 0.0248. The van der Waals surface area contributed by atoms with Crippen LogP contribution in [0, 0.1) is 18.8 Å². The van der Waals surface area contributed by atoms with Gasteiger partial charge in [-0.2, -0.15) is 0 Å². The van der Waals surface area contributed by atoms with Crippen LogP contribution < -0.4 is 4.74 Å². The molecule has 4 atom stereocenters. The van der Waals surface area contributed by atoms with Crippen LogP contribution in [0.15, 0.2) is 42.6 Å². The number of nitrogens with zero attached hydrogens (tertiary/aromatic N) is 2. The Balaban J connectivity index is 1.44. The maximum absolute atomic E-state index is 12.9. The van der Waals surface area contributed by atoms with E-state index in [1.807, 2.05) is 30.0 Å². The van der Waals surface area contributed by atoms with Gasteiger partial charge in [0.05, 0.1) is 11.7 Å². The van der Waals surface area contributed by atoms with Crippen molar-refractivity contribution in [3.05, 3.63) is 58.9 Å². The topological polar surface area (TPSA) is 62.7 Å². The number of ether oxygens (including phenoxy) is 1. The number of aryl methyl sites for hydroxylation is 1. The first-order valence-corrected chi connectivity index (χ1v) is 9.70. The molecule has 1 aromatic heterocycles. The van der Waals surface area contributed by atoms with Gasteiger partial charge in [0, 0.05) is 30.0 Å². The Morgan fingerprint density at radius 1 is 1.22 bits per heavy atom. The van der Waals surface area contributed by atoms with Gasteiger partial charge >= 0.3 is 0 Å². The Labute approximate surface area is 163 Å². The van der Waals surface area contributed by atoms with E-state index in [-0.39, 0.29) is 12.0 Å². The van der Waals surface area contributed by atoms with Crippen LogP contribution in [0.3, 0.4) is 0 Å². The Kier molecular flexibility index (Phi) is 5.06. The number of aliphatic hydroxyl groups excluding tert-OH is 1. The monoisotopic (exact) mass is 386 g/mol. The summed E-state index contributed by atoms with van der Waals surface area (Å²) in [5.74, 6) is 1.33. The lowest BCUT2D eigenvalue weighted by atomic mass is 9.78. The summed E-state index contributed by atoms with van der Waals surface area (Å²) < 4.78 is 6.01. The zero-order valence-corrected chi connectivity index (χ0v) is 16.0. The number of amides is 1. The number of carbonyl (C=O) groups is 1. The molecule has 2 aliphatic rings. The molecule has 27 heavy (non-hydrogen) atoms. The summed E-state index contributed by atoms with van der Waals surface area (Å²) >= 11 is 6.02. The average molecular weight is 387 g/mol. The molecule has 0 unspecified atom stereocenters. The third kappa shape index (κ3) is 3.80. The van der Waals surface area contributed by atoms with Crippen molar-refractivity contribution in [2.45, 2.75) is 32.0 Å². The third-order valence-electron chi connectivity index (χ3n) is 5.69. The molecule has 1 saturated carbocycles. The lowest BCUT2D eigenvalue weighted by Crippen LogP contribution is -2.42. The van der Waals surface area contributed by atoms with Gasteiger partial charge in [-0.15, -0.1) is 0 Å². The van der Waals surface area contributed by atoms with Crippen LogP contribution >= 0.6 is 11.6 Å². The normalized spacial score (nSPS) is 27.3. The smallest absolute Gasteiger partial charge is 0.255 e. The van der Waals surface area contributed by atoms with Gasteiger partial charge in [-0.1, -0.05) is 17.7 Å². The molecule has 142 valence electrons. The van der Waals surface area contributed by atoms with Crippen molar-refractivity contribution >= 4 is 17.5 Å². The number of rotatable bonds is 3. The zero-order chi connectivity index (χ0) is 19.0. The van der Waals surface area contributed by atoms with Gasteiger partial charge < -0.3 is 14.7 Å². The molecule has 0 radical (unpaired) electrons. The highest BCUT2D eigenvalue weighted by molar-refractivity contribution is 6.30. The van der Waals surface area contributed by atoms with Crippen molar-refractivity contribution in [3.63, 3.8) is 0 Å². The molecular formula is C21H23ClN2O3. The highest BCUT2D eigenvalue weighted by Crippen LogP contribution is 2.38. The van der Waals surface area contributed by atoms with E-state index in [0.29, 0.717) is 47.7 Å². The molecule has 1 aromatic carbocycles. The number of hydrogen-bond donors (Lipinski definition) is 1. The fourth-order valence-electron chi connectivity index (χ4n) is 4.28. The summed E-state index contributed by atoms with van der Waals surface area (Å²) in [6.07, 6.45) is 2.25. The average Bonchev–Trinajstić information content (AvgIpc) is 3.04. The highest BCUT2D eigenvalue weighted by atomic mass is 35.5. The first-order chi connectivity index (χ1) is 13.0. The zero-order valence-electron chi connectivity index (χ0n) is 15.2. The van der Waals surface area contributed by atoms with E-state index in [4.69, 9.17) is 16.3 Å². The maximum Gasteiger partial charge on any atom is 0.255 e. The van der Waals surface area contributed by atoms with Crippen molar-refractivity contribution in [3.8, 4) is 5.75 Å². The van der Waals surface area contributed by atoms with Gasteiger partial charge in [-0.05, 0) is 61.9 Å². The number of carbonyl (C=O) groups excluding carboxylic acids is 1. The molecule has 1 aliphatic heterocycles. The molecule has 2 heterocycles. The van der Waals surface area contributed by atoms with Gasteiger partial charge in [0.15, 0.2) is 0 Å². The van der Waals surface area contributed by atoms with E-state index in [2.05, 4.69) is 4.98 Å². The van der Waals surface area contributed by atoms with Gasteiger partial charge in [-0.3, -0.25) is 9.78 Å².